The first-order chi connectivity index (χ1) is 9.61. The molecule has 1 aromatic rings. The summed E-state index contributed by atoms with van der Waals surface area (Å²) in [4.78, 5) is 8.01. The number of aromatic amines is 1. The van der Waals surface area contributed by atoms with Crippen LogP contribution in [-0.4, -0.2) is 16.6 Å². The van der Waals surface area contributed by atoms with Gasteiger partial charge in [0.25, 0.3) is 0 Å². The van der Waals surface area contributed by atoms with E-state index in [0.29, 0.717) is 16.5 Å². The van der Waals surface area contributed by atoms with E-state index in [2.05, 4.69) is 30.7 Å². The summed E-state index contributed by atoms with van der Waals surface area (Å²) >= 11 is 5.32. The highest BCUT2D eigenvalue weighted by Crippen LogP contribution is 2.35. The lowest BCUT2D eigenvalue weighted by molar-refractivity contribution is -0.000417. The van der Waals surface area contributed by atoms with Gasteiger partial charge in [0, 0.05) is 12.3 Å². The van der Waals surface area contributed by atoms with Gasteiger partial charge in [0.2, 0.25) is 0 Å². The summed E-state index contributed by atoms with van der Waals surface area (Å²) in [5, 5.41) is 0. The van der Waals surface area contributed by atoms with Crippen LogP contribution < -0.4 is 0 Å². The number of nitrogens with zero attached hydrogens (tertiary/aromatic N) is 1. The monoisotopic (exact) mass is 294 g/mol. The number of H-pyrrole nitrogens is 1. The maximum atomic E-state index is 6.02. The van der Waals surface area contributed by atoms with E-state index in [1.807, 2.05) is 6.07 Å². The molecule has 0 spiro atoms. The summed E-state index contributed by atoms with van der Waals surface area (Å²) in [6.45, 7) is 7.10. The lowest BCUT2D eigenvalue weighted by Gasteiger charge is -2.29. The van der Waals surface area contributed by atoms with Crippen LogP contribution in [0.3, 0.4) is 0 Å². The minimum Gasteiger partial charge on any atom is -0.370 e. The Bertz CT molecular complexity index is 478. The quantitative estimate of drug-likeness (QED) is 0.783. The average Bonchev–Trinajstić information content (AvgIpc) is 2.45. The van der Waals surface area contributed by atoms with Crippen molar-refractivity contribution in [1.29, 1.82) is 0 Å². The van der Waals surface area contributed by atoms with Gasteiger partial charge in [0.05, 0.1) is 0 Å². The second-order valence-electron chi connectivity index (χ2n) is 5.99. The van der Waals surface area contributed by atoms with Gasteiger partial charge in [-0.2, -0.15) is 0 Å². The lowest BCUT2D eigenvalue weighted by Crippen LogP contribution is -2.22. The van der Waals surface area contributed by atoms with Gasteiger partial charge in [-0.1, -0.05) is 45.3 Å². The first-order valence-electron chi connectivity index (χ1n) is 7.84. The summed E-state index contributed by atoms with van der Waals surface area (Å²) in [5.41, 5.74) is 1.15. The molecule has 1 saturated carbocycles. The van der Waals surface area contributed by atoms with Crippen molar-refractivity contribution in [2.45, 2.75) is 64.9 Å². The summed E-state index contributed by atoms with van der Waals surface area (Å²) in [6.07, 6.45) is 6.50. The summed E-state index contributed by atoms with van der Waals surface area (Å²) in [7, 11) is 0. The minimum absolute atomic E-state index is 0.0701. The standard InChI is InChI=1S/C16H26N2OS/c1-4-19-15(12-8-6-5-7-9-12)16-17-13(11(2)3)10-14(20)18-16/h10-12,15H,4-9H2,1-3H3,(H,17,18,20). The van der Waals surface area contributed by atoms with Crippen LogP contribution in [0.25, 0.3) is 0 Å². The fourth-order valence-corrected chi connectivity index (χ4v) is 3.22. The summed E-state index contributed by atoms with van der Waals surface area (Å²) in [5.74, 6) is 1.92. The third-order valence-electron chi connectivity index (χ3n) is 4.10. The first-order valence-corrected chi connectivity index (χ1v) is 8.25. The molecular formula is C16H26N2OS. The Hall–Kier alpha value is -0.740. The van der Waals surface area contributed by atoms with Crippen LogP contribution >= 0.6 is 12.2 Å². The zero-order valence-corrected chi connectivity index (χ0v) is 13.6. The van der Waals surface area contributed by atoms with Crippen molar-refractivity contribution in [2.75, 3.05) is 6.61 Å². The zero-order valence-electron chi connectivity index (χ0n) is 12.8. The second kappa shape index (κ2) is 7.32. The average molecular weight is 294 g/mol. The molecule has 3 nitrogen and oxygen atoms in total. The number of nitrogens with one attached hydrogen (secondary N) is 1. The van der Waals surface area contributed by atoms with Gasteiger partial charge in [-0.3, -0.25) is 0 Å². The van der Waals surface area contributed by atoms with Gasteiger partial charge in [0.1, 0.15) is 16.6 Å². The van der Waals surface area contributed by atoms with Gasteiger partial charge < -0.3 is 9.72 Å². The minimum atomic E-state index is 0.0701. The van der Waals surface area contributed by atoms with Crippen LogP contribution in [0.5, 0.6) is 0 Å². The maximum absolute atomic E-state index is 6.02. The van der Waals surface area contributed by atoms with Crippen LogP contribution in [0.1, 0.15) is 76.4 Å². The van der Waals surface area contributed by atoms with Crippen molar-refractivity contribution in [2.24, 2.45) is 5.92 Å². The second-order valence-corrected chi connectivity index (χ2v) is 6.41. The van der Waals surface area contributed by atoms with Gasteiger partial charge >= 0.3 is 0 Å². The molecule has 1 unspecified atom stereocenters. The highest BCUT2D eigenvalue weighted by Gasteiger charge is 2.27. The van der Waals surface area contributed by atoms with Crippen molar-refractivity contribution < 1.29 is 4.74 Å². The van der Waals surface area contributed by atoms with E-state index in [0.717, 1.165) is 18.1 Å². The molecule has 1 atom stereocenters. The van der Waals surface area contributed by atoms with E-state index in [-0.39, 0.29) is 6.10 Å². The predicted octanol–water partition coefficient (Wildman–Crippen LogP) is 4.92. The van der Waals surface area contributed by atoms with Gasteiger partial charge in [-0.15, -0.1) is 0 Å². The maximum Gasteiger partial charge on any atom is 0.137 e. The molecule has 1 aliphatic carbocycles. The molecular weight excluding hydrogens is 268 g/mol. The van der Waals surface area contributed by atoms with Gasteiger partial charge in [-0.25, -0.2) is 4.98 Å². The molecule has 20 heavy (non-hydrogen) atoms. The van der Waals surface area contributed by atoms with E-state index in [1.165, 1.54) is 32.1 Å². The molecule has 1 aliphatic rings. The molecule has 0 bridgehead atoms. The number of rotatable bonds is 5. The van der Waals surface area contributed by atoms with Gasteiger partial charge in [0.15, 0.2) is 0 Å². The Kier molecular flexibility index (Phi) is 5.73. The van der Waals surface area contributed by atoms with E-state index in [9.17, 15) is 0 Å². The van der Waals surface area contributed by atoms with Crippen LogP contribution in [0.2, 0.25) is 0 Å². The molecule has 2 rings (SSSR count). The van der Waals surface area contributed by atoms with Crippen molar-refractivity contribution in [1.82, 2.24) is 9.97 Å². The Morgan fingerprint density at radius 3 is 2.65 bits per heavy atom. The number of hydrogen-bond acceptors (Lipinski definition) is 3. The SMILES string of the molecule is CCOC(c1nc(=S)cc(C(C)C)[nH]1)C1CCCCC1. The molecule has 0 amide bonds. The highest BCUT2D eigenvalue weighted by molar-refractivity contribution is 7.71. The Morgan fingerprint density at radius 2 is 2.05 bits per heavy atom. The van der Waals surface area contributed by atoms with E-state index in [1.54, 1.807) is 0 Å². The predicted molar refractivity (Wildman–Crippen MR) is 84.5 cm³/mol. The van der Waals surface area contributed by atoms with Crippen LogP contribution in [0, 0.1) is 10.6 Å². The van der Waals surface area contributed by atoms with Gasteiger partial charge in [-0.05, 0) is 37.7 Å². The molecule has 1 heterocycles. The van der Waals surface area contributed by atoms with Crippen LogP contribution in [-0.2, 0) is 4.74 Å². The van der Waals surface area contributed by atoms with Crippen molar-refractivity contribution >= 4 is 12.2 Å². The molecule has 0 aliphatic heterocycles. The lowest BCUT2D eigenvalue weighted by atomic mass is 9.85. The summed E-state index contributed by atoms with van der Waals surface area (Å²) < 4.78 is 6.69. The fraction of sp³-hybridized carbons (Fsp3) is 0.750. The van der Waals surface area contributed by atoms with Crippen LogP contribution in [0.4, 0.5) is 0 Å². The van der Waals surface area contributed by atoms with Crippen LogP contribution in [0.15, 0.2) is 6.07 Å². The fourth-order valence-electron chi connectivity index (χ4n) is 3.00. The van der Waals surface area contributed by atoms with Crippen molar-refractivity contribution in [3.63, 3.8) is 0 Å². The molecule has 0 saturated heterocycles. The Balaban J connectivity index is 2.30. The molecule has 1 N–H and O–H groups in total. The molecule has 1 aromatic heterocycles. The number of ether oxygens (including phenoxy) is 1. The third kappa shape index (κ3) is 3.89. The third-order valence-corrected chi connectivity index (χ3v) is 4.31. The molecule has 0 aromatic carbocycles. The Labute approximate surface area is 127 Å². The van der Waals surface area contributed by atoms with E-state index < -0.39 is 0 Å². The smallest absolute Gasteiger partial charge is 0.137 e. The van der Waals surface area contributed by atoms with Crippen molar-refractivity contribution in [3.05, 3.63) is 22.2 Å². The molecule has 4 heteroatoms. The molecule has 1 fully saturated rings. The largest absolute Gasteiger partial charge is 0.370 e. The first kappa shape index (κ1) is 15.6. The number of hydrogen-bond donors (Lipinski definition) is 1. The van der Waals surface area contributed by atoms with E-state index >= 15 is 0 Å². The Morgan fingerprint density at radius 1 is 1.35 bits per heavy atom. The van der Waals surface area contributed by atoms with E-state index in [4.69, 9.17) is 17.0 Å². The topological polar surface area (TPSA) is 37.9 Å². The highest BCUT2D eigenvalue weighted by atomic mass is 32.1. The molecule has 112 valence electrons. The number of aromatic nitrogens is 2. The van der Waals surface area contributed by atoms with Crippen molar-refractivity contribution in [3.8, 4) is 0 Å². The normalized spacial score (nSPS) is 18.4. The molecule has 0 radical (unpaired) electrons. The zero-order chi connectivity index (χ0) is 14.5. The summed E-state index contributed by atoms with van der Waals surface area (Å²) in [6, 6.07) is 1.97.